The fraction of sp³-hybridized carbons (Fsp3) is 0.667. The van der Waals surface area contributed by atoms with Gasteiger partial charge in [-0.3, -0.25) is 0 Å². The topological polar surface area (TPSA) is 47.0 Å². The SMILES string of the molecule is Cc1nc(Br)cc(NCCCOCC(C)C)n1. The minimum absolute atomic E-state index is 0.600. The minimum atomic E-state index is 0.600. The number of halogens is 1. The van der Waals surface area contributed by atoms with Gasteiger partial charge in [0.05, 0.1) is 0 Å². The van der Waals surface area contributed by atoms with E-state index < -0.39 is 0 Å². The van der Waals surface area contributed by atoms with E-state index >= 15 is 0 Å². The molecule has 1 rings (SSSR count). The molecule has 0 aliphatic rings. The van der Waals surface area contributed by atoms with E-state index in [1.54, 1.807) is 0 Å². The highest BCUT2D eigenvalue weighted by Crippen LogP contribution is 2.11. The number of hydrogen-bond donors (Lipinski definition) is 1. The number of rotatable bonds is 7. The van der Waals surface area contributed by atoms with E-state index in [1.807, 2.05) is 13.0 Å². The maximum absolute atomic E-state index is 5.50. The van der Waals surface area contributed by atoms with Gasteiger partial charge < -0.3 is 10.1 Å². The first-order chi connectivity index (χ1) is 8.08. The van der Waals surface area contributed by atoms with Gasteiger partial charge >= 0.3 is 0 Å². The molecule has 1 aromatic rings. The summed E-state index contributed by atoms with van der Waals surface area (Å²) < 4.78 is 6.31. The van der Waals surface area contributed by atoms with Gasteiger partial charge in [-0.05, 0) is 35.2 Å². The van der Waals surface area contributed by atoms with Crippen molar-refractivity contribution in [1.82, 2.24) is 9.97 Å². The number of nitrogens with zero attached hydrogens (tertiary/aromatic N) is 2. The van der Waals surface area contributed by atoms with Gasteiger partial charge in [0, 0.05) is 25.8 Å². The van der Waals surface area contributed by atoms with Crippen molar-refractivity contribution in [3.8, 4) is 0 Å². The second kappa shape index (κ2) is 7.61. The van der Waals surface area contributed by atoms with Crippen molar-refractivity contribution in [3.05, 3.63) is 16.5 Å². The maximum Gasteiger partial charge on any atom is 0.130 e. The van der Waals surface area contributed by atoms with Gasteiger partial charge in [0.2, 0.25) is 0 Å². The summed E-state index contributed by atoms with van der Waals surface area (Å²) in [5, 5.41) is 3.25. The Balaban J connectivity index is 2.18. The standard InChI is InChI=1S/C12H20BrN3O/c1-9(2)8-17-6-4-5-14-12-7-11(13)15-10(3)16-12/h7,9H,4-6,8H2,1-3H3,(H,14,15,16). The molecule has 0 spiro atoms. The summed E-state index contributed by atoms with van der Waals surface area (Å²) in [7, 11) is 0. The number of anilines is 1. The lowest BCUT2D eigenvalue weighted by Gasteiger charge is -2.08. The predicted octanol–water partition coefficient (Wildman–Crippen LogP) is 3.02. The molecule has 1 aromatic heterocycles. The molecule has 96 valence electrons. The van der Waals surface area contributed by atoms with Gasteiger partial charge in [-0.15, -0.1) is 0 Å². The third kappa shape index (κ3) is 6.58. The van der Waals surface area contributed by atoms with Gasteiger partial charge in [0.1, 0.15) is 16.2 Å². The highest BCUT2D eigenvalue weighted by Gasteiger charge is 1.99. The Hall–Kier alpha value is -0.680. The van der Waals surface area contributed by atoms with E-state index in [0.717, 1.165) is 42.4 Å². The quantitative estimate of drug-likeness (QED) is 0.621. The van der Waals surface area contributed by atoms with Crippen molar-refractivity contribution in [2.24, 2.45) is 5.92 Å². The van der Waals surface area contributed by atoms with E-state index in [1.165, 1.54) is 0 Å². The van der Waals surface area contributed by atoms with Crippen LogP contribution in [0.5, 0.6) is 0 Å². The molecule has 0 saturated carbocycles. The number of aryl methyl sites for hydroxylation is 1. The molecule has 4 nitrogen and oxygen atoms in total. The Morgan fingerprint density at radius 2 is 2.18 bits per heavy atom. The van der Waals surface area contributed by atoms with E-state index in [2.05, 4.69) is 45.1 Å². The molecule has 0 saturated heterocycles. The average molecular weight is 302 g/mol. The van der Waals surface area contributed by atoms with Crippen LogP contribution in [0.3, 0.4) is 0 Å². The molecule has 0 aliphatic carbocycles. The molecule has 0 aromatic carbocycles. The Labute approximate surface area is 111 Å². The molecule has 0 unspecified atom stereocenters. The van der Waals surface area contributed by atoms with Crippen LogP contribution in [0.15, 0.2) is 10.7 Å². The molecule has 1 N–H and O–H groups in total. The van der Waals surface area contributed by atoms with E-state index in [-0.39, 0.29) is 0 Å². The number of hydrogen-bond acceptors (Lipinski definition) is 4. The largest absolute Gasteiger partial charge is 0.381 e. The molecule has 0 aliphatic heterocycles. The van der Waals surface area contributed by atoms with Crippen LogP contribution in [0.25, 0.3) is 0 Å². The second-order valence-electron chi connectivity index (χ2n) is 4.37. The molecule has 17 heavy (non-hydrogen) atoms. The summed E-state index contributed by atoms with van der Waals surface area (Å²) in [6.07, 6.45) is 0.980. The fourth-order valence-corrected chi connectivity index (χ4v) is 1.80. The normalized spacial score (nSPS) is 10.9. The summed E-state index contributed by atoms with van der Waals surface area (Å²) in [6, 6.07) is 1.88. The second-order valence-corrected chi connectivity index (χ2v) is 5.18. The molecule has 5 heteroatoms. The van der Waals surface area contributed by atoms with E-state index in [0.29, 0.717) is 5.92 Å². The van der Waals surface area contributed by atoms with Crippen LogP contribution >= 0.6 is 15.9 Å². The molecule has 1 heterocycles. The third-order valence-corrected chi connectivity index (χ3v) is 2.44. The number of ether oxygens (including phenoxy) is 1. The van der Waals surface area contributed by atoms with Crippen molar-refractivity contribution in [2.75, 3.05) is 25.1 Å². The molecule has 0 atom stereocenters. The zero-order valence-electron chi connectivity index (χ0n) is 10.7. The summed E-state index contributed by atoms with van der Waals surface area (Å²) in [5.41, 5.74) is 0. The minimum Gasteiger partial charge on any atom is -0.381 e. The van der Waals surface area contributed by atoms with Crippen LogP contribution in [0.2, 0.25) is 0 Å². The predicted molar refractivity (Wildman–Crippen MR) is 73.2 cm³/mol. The third-order valence-electron chi connectivity index (χ3n) is 2.03. The molecule has 0 radical (unpaired) electrons. The Morgan fingerprint density at radius 1 is 1.41 bits per heavy atom. The van der Waals surface area contributed by atoms with Crippen molar-refractivity contribution in [1.29, 1.82) is 0 Å². The molecule has 0 fully saturated rings. The number of aromatic nitrogens is 2. The maximum atomic E-state index is 5.50. The van der Waals surface area contributed by atoms with Crippen molar-refractivity contribution in [2.45, 2.75) is 27.2 Å². The molecular weight excluding hydrogens is 282 g/mol. The first kappa shape index (κ1) is 14.4. The summed E-state index contributed by atoms with van der Waals surface area (Å²) in [5.74, 6) is 2.22. The summed E-state index contributed by atoms with van der Waals surface area (Å²) in [6.45, 7) is 8.66. The fourth-order valence-electron chi connectivity index (χ4n) is 1.33. The van der Waals surface area contributed by atoms with E-state index in [4.69, 9.17) is 4.74 Å². The van der Waals surface area contributed by atoms with Crippen molar-refractivity contribution >= 4 is 21.7 Å². The lowest BCUT2D eigenvalue weighted by Crippen LogP contribution is -2.09. The lowest BCUT2D eigenvalue weighted by atomic mass is 10.2. The van der Waals surface area contributed by atoms with Crippen LogP contribution in [0, 0.1) is 12.8 Å². The van der Waals surface area contributed by atoms with Crippen LogP contribution in [0.4, 0.5) is 5.82 Å². The number of nitrogens with one attached hydrogen (secondary N) is 1. The van der Waals surface area contributed by atoms with Gasteiger partial charge in [-0.25, -0.2) is 9.97 Å². The zero-order valence-corrected chi connectivity index (χ0v) is 12.2. The molecule has 0 amide bonds. The van der Waals surface area contributed by atoms with Gasteiger partial charge in [0.15, 0.2) is 0 Å². The van der Waals surface area contributed by atoms with Crippen LogP contribution < -0.4 is 5.32 Å². The summed E-state index contributed by atoms with van der Waals surface area (Å²) >= 11 is 3.35. The lowest BCUT2D eigenvalue weighted by molar-refractivity contribution is 0.110. The Bertz CT molecular complexity index is 324. The molecular formula is C12H20BrN3O. The molecule has 0 bridgehead atoms. The highest BCUT2D eigenvalue weighted by atomic mass is 79.9. The van der Waals surface area contributed by atoms with Gasteiger partial charge in [-0.2, -0.15) is 0 Å². The van der Waals surface area contributed by atoms with Gasteiger partial charge in [-0.1, -0.05) is 13.8 Å². The van der Waals surface area contributed by atoms with Crippen LogP contribution in [0.1, 0.15) is 26.1 Å². The Kier molecular flexibility index (Phi) is 6.44. The van der Waals surface area contributed by atoms with Crippen LogP contribution in [-0.4, -0.2) is 29.7 Å². The monoisotopic (exact) mass is 301 g/mol. The van der Waals surface area contributed by atoms with Crippen molar-refractivity contribution < 1.29 is 4.74 Å². The Morgan fingerprint density at radius 3 is 2.82 bits per heavy atom. The zero-order chi connectivity index (χ0) is 12.7. The first-order valence-electron chi connectivity index (χ1n) is 5.90. The van der Waals surface area contributed by atoms with Gasteiger partial charge in [0.25, 0.3) is 0 Å². The van der Waals surface area contributed by atoms with E-state index in [9.17, 15) is 0 Å². The average Bonchev–Trinajstić information content (AvgIpc) is 2.21. The summed E-state index contributed by atoms with van der Waals surface area (Å²) in [4.78, 5) is 8.44. The smallest absolute Gasteiger partial charge is 0.130 e. The van der Waals surface area contributed by atoms with Crippen LogP contribution in [-0.2, 0) is 4.74 Å². The van der Waals surface area contributed by atoms with Crippen molar-refractivity contribution in [3.63, 3.8) is 0 Å². The first-order valence-corrected chi connectivity index (χ1v) is 6.70. The highest BCUT2D eigenvalue weighted by molar-refractivity contribution is 9.10.